The van der Waals surface area contributed by atoms with Crippen LogP contribution in [0.5, 0.6) is 11.5 Å². The molecule has 1 aliphatic heterocycles. The Balaban J connectivity index is 1.58. The molecule has 1 atom stereocenters. The van der Waals surface area contributed by atoms with Crippen molar-refractivity contribution in [2.45, 2.75) is 19.6 Å². The Morgan fingerprint density at radius 1 is 1.25 bits per heavy atom. The summed E-state index contributed by atoms with van der Waals surface area (Å²) in [4.78, 5) is 23.4. The van der Waals surface area contributed by atoms with E-state index in [0.29, 0.717) is 17.2 Å². The molecule has 1 aliphatic rings. The number of amides is 1. The molecule has 1 amide bonds. The van der Waals surface area contributed by atoms with Gasteiger partial charge < -0.3 is 19.5 Å². The summed E-state index contributed by atoms with van der Waals surface area (Å²) >= 11 is 0. The number of hydrogen-bond donors (Lipinski definition) is 1. The normalized spacial score (nSPS) is 14.0. The number of hydrogen-bond acceptors (Lipinski definition) is 5. The zero-order valence-electron chi connectivity index (χ0n) is 13.2. The number of carbonyl (C=O) groups is 2. The molecule has 1 unspecified atom stereocenters. The number of benzene rings is 2. The standard InChI is InChI=1S/C18H17NO5/c1-12(18(21)23-10-13-5-3-2-4-6-13)24-14-7-8-16-15(9-14)19-17(20)11-22-16/h2-9,12H,10-11H2,1H3,(H,19,20). The predicted octanol–water partition coefficient (Wildman–Crippen LogP) is 2.53. The van der Waals surface area contributed by atoms with Gasteiger partial charge in [-0.15, -0.1) is 0 Å². The van der Waals surface area contributed by atoms with Crippen LogP contribution in [0, 0.1) is 0 Å². The molecule has 0 fully saturated rings. The highest BCUT2D eigenvalue weighted by atomic mass is 16.6. The Labute approximate surface area is 139 Å². The van der Waals surface area contributed by atoms with Crippen LogP contribution in [-0.2, 0) is 20.9 Å². The van der Waals surface area contributed by atoms with Gasteiger partial charge in [0.2, 0.25) is 0 Å². The molecule has 124 valence electrons. The summed E-state index contributed by atoms with van der Waals surface area (Å²) in [5.41, 5.74) is 1.43. The van der Waals surface area contributed by atoms with E-state index in [1.54, 1.807) is 25.1 Å². The van der Waals surface area contributed by atoms with Crippen molar-refractivity contribution in [1.82, 2.24) is 0 Å². The molecule has 0 bridgehead atoms. The number of ether oxygens (including phenoxy) is 3. The molecular weight excluding hydrogens is 310 g/mol. The lowest BCUT2D eigenvalue weighted by Gasteiger charge is -2.19. The largest absolute Gasteiger partial charge is 0.482 e. The third kappa shape index (κ3) is 3.84. The smallest absolute Gasteiger partial charge is 0.347 e. The zero-order chi connectivity index (χ0) is 16.9. The molecule has 24 heavy (non-hydrogen) atoms. The first-order valence-electron chi connectivity index (χ1n) is 7.56. The maximum atomic E-state index is 12.0. The zero-order valence-corrected chi connectivity index (χ0v) is 13.2. The third-order valence-corrected chi connectivity index (χ3v) is 3.45. The summed E-state index contributed by atoms with van der Waals surface area (Å²) in [6.45, 7) is 1.80. The Bertz CT molecular complexity index is 744. The fourth-order valence-corrected chi connectivity index (χ4v) is 2.23. The maximum Gasteiger partial charge on any atom is 0.347 e. The predicted molar refractivity (Wildman–Crippen MR) is 86.9 cm³/mol. The Morgan fingerprint density at radius 2 is 2.04 bits per heavy atom. The van der Waals surface area contributed by atoms with Gasteiger partial charge >= 0.3 is 5.97 Å². The quantitative estimate of drug-likeness (QED) is 0.854. The second kappa shape index (κ2) is 7.04. The Kier molecular flexibility index (Phi) is 4.65. The minimum absolute atomic E-state index is 0.00455. The van der Waals surface area contributed by atoms with E-state index < -0.39 is 12.1 Å². The molecule has 0 spiro atoms. The van der Waals surface area contributed by atoms with Crippen LogP contribution in [0.15, 0.2) is 48.5 Å². The van der Waals surface area contributed by atoms with E-state index in [0.717, 1.165) is 5.56 Å². The van der Waals surface area contributed by atoms with Crippen molar-refractivity contribution in [3.63, 3.8) is 0 Å². The minimum Gasteiger partial charge on any atom is -0.482 e. The van der Waals surface area contributed by atoms with Gasteiger partial charge in [-0.2, -0.15) is 0 Å². The first-order valence-corrected chi connectivity index (χ1v) is 7.56. The van der Waals surface area contributed by atoms with Crippen molar-refractivity contribution >= 4 is 17.6 Å². The Morgan fingerprint density at radius 3 is 2.83 bits per heavy atom. The fraction of sp³-hybridized carbons (Fsp3) is 0.222. The SMILES string of the molecule is CC(Oc1ccc2c(c1)NC(=O)CO2)C(=O)OCc1ccccc1. The van der Waals surface area contributed by atoms with Gasteiger partial charge in [-0.3, -0.25) is 4.79 Å². The second-order valence-electron chi connectivity index (χ2n) is 5.35. The lowest BCUT2D eigenvalue weighted by molar-refractivity contribution is -0.152. The molecule has 0 aromatic heterocycles. The first kappa shape index (κ1) is 15.9. The van der Waals surface area contributed by atoms with Gasteiger partial charge in [0.05, 0.1) is 5.69 Å². The van der Waals surface area contributed by atoms with Crippen molar-refractivity contribution in [3.05, 3.63) is 54.1 Å². The molecule has 1 heterocycles. The monoisotopic (exact) mass is 327 g/mol. The molecule has 3 rings (SSSR count). The van der Waals surface area contributed by atoms with E-state index in [9.17, 15) is 9.59 Å². The van der Waals surface area contributed by atoms with Crippen LogP contribution in [0.1, 0.15) is 12.5 Å². The number of anilines is 1. The van der Waals surface area contributed by atoms with E-state index in [2.05, 4.69) is 5.32 Å². The van der Waals surface area contributed by atoms with Crippen LogP contribution in [-0.4, -0.2) is 24.6 Å². The van der Waals surface area contributed by atoms with Gasteiger partial charge in [0.1, 0.15) is 18.1 Å². The molecule has 1 N–H and O–H groups in total. The number of esters is 1. The summed E-state index contributed by atoms with van der Waals surface area (Å²) in [5, 5.41) is 2.69. The Hall–Kier alpha value is -3.02. The molecule has 0 saturated heterocycles. The lowest BCUT2D eigenvalue weighted by atomic mass is 10.2. The van der Waals surface area contributed by atoms with Crippen LogP contribution >= 0.6 is 0 Å². The average molecular weight is 327 g/mol. The molecule has 0 saturated carbocycles. The van der Waals surface area contributed by atoms with Crippen molar-refractivity contribution < 1.29 is 23.8 Å². The number of nitrogens with one attached hydrogen (secondary N) is 1. The summed E-state index contributed by atoms with van der Waals surface area (Å²) < 4.78 is 16.1. The van der Waals surface area contributed by atoms with Gasteiger partial charge in [-0.05, 0) is 24.6 Å². The van der Waals surface area contributed by atoms with Gasteiger partial charge in [0.25, 0.3) is 5.91 Å². The van der Waals surface area contributed by atoms with Gasteiger partial charge in [-0.25, -0.2) is 4.79 Å². The molecule has 6 nitrogen and oxygen atoms in total. The van der Waals surface area contributed by atoms with Gasteiger partial charge in [-0.1, -0.05) is 30.3 Å². The maximum absolute atomic E-state index is 12.0. The average Bonchev–Trinajstić information content (AvgIpc) is 2.60. The van der Waals surface area contributed by atoms with Crippen LogP contribution < -0.4 is 14.8 Å². The summed E-state index contributed by atoms with van der Waals surface area (Å²) in [6.07, 6.45) is -0.771. The summed E-state index contributed by atoms with van der Waals surface area (Å²) in [7, 11) is 0. The van der Waals surface area contributed by atoms with Crippen molar-refractivity contribution in [2.24, 2.45) is 0 Å². The van der Waals surface area contributed by atoms with Crippen LogP contribution in [0.2, 0.25) is 0 Å². The van der Waals surface area contributed by atoms with Crippen molar-refractivity contribution in [3.8, 4) is 11.5 Å². The second-order valence-corrected chi connectivity index (χ2v) is 5.35. The third-order valence-electron chi connectivity index (χ3n) is 3.45. The summed E-state index contributed by atoms with van der Waals surface area (Å²) in [6, 6.07) is 14.4. The molecule has 0 radical (unpaired) electrons. The van der Waals surface area contributed by atoms with E-state index in [-0.39, 0.29) is 19.1 Å². The van der Waals surface area contributed by atoms with E-state index in [1.165, 1.54) is 0 Å². The van der Waals surface area contributed by atoms with Gasteiger partial charge in [0.15, 0.2) is 12.7 Å². The van der Waals surface area contributed by atoms with Gasteiger partial charge in [0, 0.05) is 6.07 Å². The molecule has 6 heteroatoms. The fourth-order valence-electron chi connectivity index (χ4n) is 2.23. The van der Waals surface area contributed by atoms with Crippen LogP contribution in [0.3, 0.4) is 0 Å². The lowest BCUT2D eigenvalue weighted by Crippen LogP contribution is -2.27. The topological polar surface area (TPSA) is 73.9 Å². The minimum atomic E-state index is -0.771. The van der Waals surface area contributed by atoms with E-state index in [1.807, 2.05) is 30.3 Å². The summed E-state index contributed by atoms with van der Waals surface area (Å²) in [5.74, 6) is 0.330. The van der Waals surface area contributed by atoms with Crippen LogP contribution in [0.4, 0.5) is 5.69 Å². The molecule has 0 aliphatic carbocycles. The molecule has 2 aromatic carbocycles. The highest BCUT2D eigenvalue weighted by Crippen LogP contribution is 2.31. The van der Waals surface area contributed by atoms with E-state index in [4.69, 9.17) is 14.2 Å². The number of fused-ring (bicyclic) bond motifs is 1. The van der Waals surface area contributed by atoms with E-state index >= 15 is 0 Å². The molecular formula is C18H17NO5. The van der Waals surface area contributed by atoms with Crippen molar-refractivity contribution in [1.29, 1.82) is 0 Å². The highest BCUT2D eigenvalue weighted by molar-refractivity contribution is 5.95. The number of rotatable bonds is 5. The van der Waals surface area contributed by atoms with Crippen LogP contribution in [0.25, 0.3) is 0 Å². The number of carbonyl (C=O) groups excluding carboxylic acids is 2. The van der Waals surface area contributed by atoms with Crippen molar-refractivity contribution in [2.75, 3.05) is 11.9 Å². The highest BCUT2D eigenvalue weighted by Gasteiger charge is 2.20. The first-order chi connectivity index (χ1) is 11.6. The molecule has 2 aromatic rings.